The van der Waals surface area contributed by atoms with Gasteiger partial charge in [0.1, 0.15) is 0 Å². The second kappa shape index (κ2) is 6.02. The molecule has 21 heavy (non-hydrogen) atoms. The van der Waals surface area contributed by atoms with Crippen LogP contribution in [0, 0.1) is 5.92 Å². The molecule has 0 aromatic carbocycles. The van der Waals surface area contributed by atoms with Crippen LogP contribution >= 0.6 is 0 Å². The highest BCUT2D eigenvalue weighted by Crippen LogP contribution is 2.33. The van der Waals surface area contributed by atoms with Crippen molar-refractivity contribution in [1.29, 1.82) is 0 Å². The van der Waals surface area contributed by atoms with Crippen LogP contribution in [0.1, 0.15) is 24.8 Å². The first-order valence-electron chi connectivity index (χ1n) is 7.61. The first kappa shape index (κ1) is 14.9. The Bertz CT molecular complexity index is 572. The van der Waals surface area contributed by atoms with E-state index in [1.54, 1.807) is 6.20 Å². The van der Waals surface area contributed by atoms with Crippen LogP contribution in [-0.4, -0.2) is 49.7 Å². The number of likely N-dealkylation sites (tertiary alicyclic amines) is 1. The lowest BCUT2D eigenvalue weighted by Gasteiger charge is -2.28. The molecule has 1 saturated heterocycles. The van der Waals surface area contributed by atoms with Crippen LogP contribution in [0.25, 0.3) is 0 Å². The molecule has 0 amide bonds. The Morgan fingerprint density at radius 2 is 2.19 bits per heavy atom. The third kappa shape index (κ3) is 4.25. The molecule has 6 heteroatoms. The number of sulfonamides is 1. The summed E-state index contributed by atoms with van der Waals surface area (Å²) in [6.07, 6.45) is 9.29. The molecule has 1 aromatic heterocycles. The Balaban J connectivity index is 1.73. The van der Waals surface area contributed by atoms with Crippen molar-refractivity contribution in [3.8, 4) is 0 Å². The zero-order valence-electron chi connectivity index (χ0n) is 12.4. The van der Waals surface area contributed by atoms with E-state index < -0.39 is 10.0 Å². The Kier molecular flexibility index (Phi) is 4.28. The molecule has 3 rings (SSSR count). The molecule has 2 atom stereocenters. The van der Waals surface area contributed by atoms with E-state index in [1.165, 1.54) is 24.7 Å². The lowest BCUT2D eigenvalue weighted by atomic mass is 10.0. The minimum atomic E-state index is -3.16. The fraction of sp³-hybridized carbons (Fsp3) is 0.667. The van der Waals surface area contributed by atoms with Crippen LogP contribution < -0.4 is 4.72 Å². The van der Waals surface area contributed by atoms with E-state index in [1.807, 2.05) is 12.3 Å². The first-order chi connectivity index (χ1) is 10.0. The Labute approximate surface area is 126 Å². The van der Waals surface area contributed by atoms with Crippen LogP contribution in [0.4, 0.5) is 0 Å². The van der Waals surface area contributed by atoms with E-state index in [4.69, 9.17) is 0 Å². The van der Waals surface area contributed by atoms with E-state index in [9.17, 15) is 8.42 Å². The molecule has 0 unspecified atom stereocenters. The summed E-state index contributed by atoms with van der Waals surface area (Å²) in [4.78, 5) is 6.63. The predicted molar refractivity (Wildman–Crippen MR) is 82.4 cm³/mol. The molecular weight excluding hydrogens is 286 g/mol. The normalized spacial score (nSPS) is 27.1. The van der Waals surface area contributed by atoms with Crippen LogP contribution in [-0.2, 0) is 16.4 Å². The van der Waals surface area contributed by atoms with Crippen molar-refractivity contribution < 1.29 is 8.42 Å². The maximum absolute atomic E-state index is 11.6. The van der Waals surface area contributed by atoms with Crippen molar-refractivity contribution in [1.82, 2.24) is 14.6 Å². The van der Waals surface area contributed by atoms with Crippen molar-refractivity contribution in [3.63, 3.8) is 0 Å². The van der Waals surface area contributed by atoms with Gasteiger partial charge in [0.15, 0.2) is 0 Å². The molecule has 0 bridgehead atoms. The standard InChI is InChI=1S/C15H23N3O2S/c1-21(19,20)17-14-6-8-18(11-12-4-5-12)15(14)9-13-3-2-7-16-10-13/h2-3,7,10,12,14-15,17H,4-6,8-9,11H2,1H3/t14-,15+/m1/s1. The summed E-state index contributed by atoms with van der Waals surface area (Å²) >= 11 is 0. The molecule has 1 saturated carbocycles. The average molecular weight is 309 g/mol. The third-order valence-corrected chi connectivity index (χ3v) is 5.11. The van der Waals surface area contributed by atoms with Gasteiger partial charge in [0, 0.05) is 37.6 Å². The summed E-state index contributed by atoms with van der Waals surface area (Å²) in [5.41, 5.74) is 1.17. The van der Waals surface area contributed by atoms with E-state index in [2.05, 4.69) is 20.7 Å². The molecule has 2 fully saturated rings. The summed E-state index contributed by atoms with van der Waals surface area (Å²) in [6, 6.07) is 4.26. The number of nitrogens with zero attached hydrogens (tertiary/aromatic N) is 2. The second-order valence-corrected chi connectivity index (χ2v) is 8.14. The molecule has 0 radical (unpaired) electrons. The van der Waals surface area contributed by atoms with E-state index in [-0.39, 0.29) is 12.1 Å². The Morgan fingerprint density at radius 3 is 2.81 bits per heavy atom. The number of hydrogen-bond donors (Lipinski definition) is 1. The molecule has 5 nitrogen and oxygen atoms in total. The highest BCUT2D eigenvalue weighted by atomic mass is 32.2. The molecule has 1 aliphatic heterocycles. The van der Waals surface area contributed by atoms with E-state index >= 15 is 0 Å². The van der Waals surface area contributed by atoms with Gasteiger partial charge in [-0.1, -0.05) is 6.07 Å². The number of aromatic nitrogens is 1. The predicted octanol–water partition coefficient (Wildman–Crippen LogP) is 1.03. The van der Waals surface area contributed by atoms with Gasteiger partial charge in [-0.15, -0.1) is 0 Å². The minimum Gasteiger partial charge on any atom is -0.298 e. The summed E-state index contributed by atoms with van der Waals surface area (Å²) < 4.78 is 26.0. The van der Waals surface area contributed by atoms with Crippen LogP contribution in [0.15, 0.2) is 24.5 Å². The third-order valence-electron chi connectivity index (χ3n) is 4.38. The van der Waals surface area contributed by atoms with Crippen molar-refractivity contribution in [2.45, 2.75) is 37.8 Å². The number of nitrogens with one attached hydrogen (secondary N) is 1. The molecule has 1 aliphatic carbocycles. The minimum absolute atomic E-state index is 0.0129. The number of rotatable bonds is 6. The topological polar surface area (TPSA) is 62.3 Å². The maximum atomic E-state index is 11.6. The molecule has 1 N–H and O–H groups in total. The highest BCUT2D eigenvalue weighted by Gasteiger charge is 2.38. The molecule has 0 spiro atoms. The lowest BCUT2D eigenvalue weighted by molar-refractivity contribution is 0.230. The van der Waals surface area contributed by atoms with Gasteiger partial charge in [0.05, 0.1) is 6.26 Å². The summed E-state index contributed by atoms with van der Waals surface area (Å²) in [7, 11) is -3.16. The van der Waals surface area contributed by atoms with Crippen molar-refractivity contribution in [2.75, 3.05) is 19.3 Å². The van der Waals surface area contributed by atoms with Gasteiger partial charge >= 0.3 is 0 Å². The fourth-order valence-corrected chi connectivity index (χ4v) is 4.05. The largest absolute Gasteiger partial charge is 0.298 e. The smallest absolute Gasteiger partial charge is 0.209 e. The van der Waals surface area contributed by atoms with Gasteiger partial charge in [-0.2, -0.15) is 0 Å². The first-order valence-corrected chi connectivity index (χ1v) is 9.50. The monoisotopic (exact) mass is 309 g/mol. The van der Waals surface area contributed by atoms with Gasteiger partial charge in [-0.25, -0.2) is 13.1 Å². The number of pyridine rings is 1. The van der Waals surface area contributed by atoms with E-state index in [0.29, 0.717) is 0 Å². The maximum Gasteiger partial charge on any atom is 0.209 e. The molecule has 1 aromatic rings. The summed E-state index contributed by atoms with van der Waals surface area (Å²) in [6.45, 7) is 2.08. The van der Waals surface area contributed by atoms with Gasteiger partial charge in [-0.3, -0.25) is 9.88 Å². The van der Waals surface area contributed by atoms with Gasteiger partial charge in [0.2, 0.25) is 10.0 Å². The van der Waals surface area contributed by atoms with Crippen LogP contribution in [0.2, 0.25) is 0 Å². The molecule has 2 aliphatic rings. The quantitative estimate of drug-likeness (QED) is 0.852. The van der Waals surface area contributed by atoms with Crippen LogP contribution in [0.5, 0.6) is 0 Å². The fourth-order valence-electron chi connectivity index (χ4n) is 3.22. The lowest BCUT2D eigenvalue weighted by Crippen LogP contribution is -2.46. The Morgan fingerprint density at radius 1 is 1.38 bits per heavy atom. The van der Waals surface area contributed by atoms with Crippen molar-refractivity contribution in [3.05, 3.63) is 30.1 Å². The SMILES string of the molecule is CS(=O)(=O)N[C@@H]1CCN(CC2CC2)[C@H]1Cc1cccnc1. The zero-order chi connectivity index (χ0) is 14.9. The molecule has 2 heterocycles. The summed E-state index contributed by atoms with van der Waals surface area (Å²) in [5.74, 6) is 0.818. The molecule has 116 valence electrons. The van der Waals surface area contributed by atoms with Crippen molar-refractivity contribution in [2.24, 2.45) is 5.92 Å². The average Bonchev–Trinajstić information content (AvgIpc) is 3.17. The van der Waals surface area contributed by atoms with Crippen molar-refractivity contribution >= 4 is 10.0 Å². The van der Waals surface area contributed by atoms with Gasteiger partial charge in [0.25, 0.3) is 0 Å². The molecular formula is C15H23N3O2S. The Hall–Kier alpha value is -0.980. The summed E-state index contributed by atoms with van der Waals surface area (Å²) in [5, 5.41) is 0. The van der Waals surface area contributed by atoms with Crippen LogP contribution in [0.3, 0.4) is 0 Å². The zero-order valence-corrected chi connectivity index (χ0v) is 13.2. The highest BCUT2D eigenvalue weighted by molar-refractivity contribution is 7.88. The number of hydrogen-bond acceptors (Lipinski definition) is 4. The second-order valence-electron chi connectivity index (χ2n) is 6.36. The van der Waals surface area contributed by atoms with Gasteiger partial charge in [-0.05, 0) is 43.2 Å². The van der Waals surface area contributed by atoms with Gasteiger partial charge < -0.3 is 0 Å². The van der Waals surface area contributed by atoms with E-state index in [0.717, 1.165) is 31.8 Å².